The predicted octanol–water partition coefficient (Wildman–Crippen LogP) is 3.69. The normalized spacial score (nSPS) is 30.1. The largest absolute Gasteiger partial charge is 0.336 e. The first kappa shape index (κ1) is 15.8. The Hall–Kier alpha value is -1.07. The number of hydrogen-bond acceptors (Lipinski definition) is 2. The number of benzene rings is 1. The molecule has 4 unspecified atom stereocenters. The number of amides is 2. The molecule has 1 aromatic rings. The molecule has 2 amide bonds. The van der Waals surface area contributed by atoms with Gasteiger partial charge in [-0.15, -0.1) is 0 Å². The van der Waals surface area contributed by atoms with Crippen LogP contribution in [0, 0.1) is 11.8 Å². The highest BCUT2D eigenvalue weighted by Gasteiger charge is 2.38. The Bertz CT molecular complexity index is 519. The molecule has 4 rings (SSSR count). The number of nitrogens with zero attached hydrogens (tertiary/aromatic N) is 1. The third-order valence-electron chi connectivity index (χ3n) is 5.14. The number of urea groups is 1. The summed E-state index contributed by atoms with van der Waals surface area (Å²) >= 11 is 3.39. The quantitative estimate of drug-likeness (QED) is 0.854. The lowest BCUT2D eigenvalue weighted by Crippen LogP contribution is -2.56. The minimum Gasteiger partial charge on any atom is -0.336 e. The lowest BCUT2D eigenvalue weighted by molar-refractivity contribution is 0.00159. The van der Waals surface area contributed by atoms with E-state index in [0.29, 0.717) is 6.04 Å². The lowest BCUT2D eigenvalue weighted by atomic mass is 9.74. The Morgan fingerprint density at radius 2 is 2.14 bits per heavy atom. The van der Waals surface area contributed by atoms with Gasteiger partial charge in [0.25, 0.3) is 0 Å². The average molecular weight is 366 g/mol. The maximum Gasteiger partial charge on any atom is 0.319 e. The molecule has 3 aliphatic heterocycles. The number of rotatable bonds is 4. The van der Waals surface area contributed by atoms with E-state index in [0.717, 1.165) is 28.5 Å². The molecule has 3 saturated heterocycles. The highest BCUT2D eigenvalue weighted by molar-refractivity contribution is 9.10. The van der Waals surface area contributed by atoms with Crippen LogP contribution in [0.2, 0.25) is 0 Å². The fourth-order valence-corrected chi connectivity index (χ4v) is 4.11. The van der Waals surface area contributed by atoms with E-state index in [-0.39, 0.29) is 6.03 Å². The molecule has 4 atom stereocenters. The van der Waals surface area contributed by atoms with E-state index in [9.17, 15) is 4.79 Å². The van der Waals surface area contributed by atoms with Gasteiger partial charge in [0.2, 0.25) is 0 Å². The molecule has 120 valence electrons. The molecule has 4 nitrogen and oxygen atoms in total. The Morgan fingerprint density at radius 1 is 1.36 bits per heavy atom. The third-order valence-corrected chi connectivity index (χ3v) is 5.67. The Labute approximate surface area is 140 Å². The summed E-state index contributed by atoms with van der Waals surface area (Å²) in [5.74, 6) is 1.72. The standard InChI is InChI=1S/C17H24BrN3O/c1-2-12-11-21-8-7-13(12)9-16(21)10-19-17(22)20-15-5-3-14(18)4-6-15/h3-6,12-13,16H,2,7-11H2,1H3,(H2,19,20,22). The van der Waals surface area contributed by atoms with Crippen LogP contribution in [0.1, 0.15) is 26.2 Å². The zero-order valence-electron chi connectivity index (χ0n) is 13.0. The number of hydrogen-bond donors (Lipinski definition) is 2. The van der Waals surface area contributed by atoms with Gasteiger partial charge in [-0.25, -0.2) is 4.79 Å². The molecule has 22 heavy (non-hydrogen) atoms. The van der Waals surface area contributed by atoms with Crippen LogP contribution >= 0.6 is 15.9 Å². The van der Waals surface area contributed by atoms with Crippen LogP contribution in [0.25, 0.3) is 0 Å². The summed E-state index contributed by atoms with van der Waals surface area (Å²) in [6.45, 7) is 5.45. The van der Waals surface area contributed by atoms with Crippen molar-refractivity contribution in [2.45, 2.75) is 32.2 Å². The van der Waals surface area contributed by atoms with Crippen molar-refractivity contribution < 1.29 is 4.79 Å². The first-order valence-corrected chi connectivity index (χ1v) is 8.99. The van der Waals surface area contributed by atoms with Crippen molar-refractivity contribution in [2.75, 3.05) is 25.0 Å². The fraction of sp³-hybridized carbons (Fsp3) is 0.588. The number of carbonyl (C=O) groups is 1. The highest BCUT2D eigenvalue weighted by atomic mass is 79.9. The van der Waals surface area contributed by atoms with Crippen molar-refractivity contribution in [3.8, 4) is 0 Å². The highest BCUT2D eigenvalue weighted by Crippen LogP contribution is 2.37. The van der Waals surface area contributed by atoms with Crippen LogP contribution in [0.5, 0.6) is 0 Å². The molecule has 3 aliphatic rings. The molecule has 1 aromatic carbocycles. The van der Waals surface area contributed by atoms with E-state index in [1.807, 2.05) is 24.3 Å². The van der Waals surface area contributed by atoms with E-state index >= 15 is 0 Å². The van der Waals surface area contributed by atoms with E-state index in [2.05, 4.69) is 38.4 Å². The van der Waals surface area contributed by atoms with Crippen molar-refractivity contribution >= 4 is 27.6 Å². The number of nitrogens with one attached hydrogen (secondary N) is 2. The van der Waals surface area contributed by atoms with Gasteiger partial charge >= 0.3 is 6.03 Å². The van der Waals surface area contributed by atoms with Gasteiger partial charge in [0.05, 0.1) is 0 Å². The number of fused-ring (bicyclic) bond motifs is 3. The first-order valence-electron chi connectivity index (χ1n) is 8.20. The molecular formula is C17H24BrN3O. The third kappa shape index (κ3) is 3.63. The topological polar surface area (TPSA) is 44.4 Å². The van der Waals surface area contributed by atoms with Crippen LogP contribution in [0.4, 0.5) is 10.5 Å². The van der Waals surface area contributed by atoms with Crippen LogP contribution in [0.15, 0.2) is 28.7 Å². The molecule has 0 saturated carbocycles. The Kier molecular flexibility index (Phi) is 5.03. The van der Waals surface area contributed by atoms with Crippen molar-refractivity contribution in [1.82, 2.24) is 10.2 Å². The molecule has 2 N–H and O–H groups in total. The number of anilines is 1. The van der Waals surface area contributed by atoms with E-state index in [1.54, 1.807) is 0 Å². The number of carbonyl (C=O) groups excluding carboxylic acids is 1. The molecule has 0 aliphatic carbocycles. The van der Waals surface area contributed by atoms with E-state index < -0.39 is 0 Å². The maximum absolute atomic E-state index is 12.0. The van der Waals surface area contributed by atoms with Gasteiger partial charge in [0.15, 0.2) is 0 Å². The number of piperidine rings is 3. The predicted molar refractivity (Wildman–Crippen MR) is 93.0 cm³/mol. The summed E-state index contributed by atoms with van der Waals surface area (Å²) in [7, 11) is 0. The van der Waals surface area contributed by atoms with Crippen LogP contribution in [-0.2, 0) is 0 Å². The van der Waals surface area contributed by atoms with Crippen LogP contribution < -0.4 is 10.6 Å². The van der Waals surface area contributed by atoms with Crippen molar-refractivity contribution in [1.29, 1.82) is 0 Å². The zero-order valence-corrected chi connectivity index (χ0v) is 14.6. The molecule has 3 fully saturated rings. The van der Waals surface area contributed by atoms with Crippen LogP contribution in [-0.4, -0.2) is 36.6 Å². The second kappa shape index (κ2) is 7.01. The minimum absolute atomic E-state index is 0.114. The first-order chi connectivity index (χ1) is 10.7. The van der Waals surface area contributed by atoms with Gasteiger partial charge in [-0.2, -0.15) is 0 Å². The summed E-state index contributed by atoms with van der Waals surface area (Å²) < 4.78 is 1.01. The van der Waals surface area contributed by atoms with E-state index in [1.165, 1.54) is 32.4 Å². The molecule has 5 heteroatoms. The second-order valence-corrected chi connectivity index (χ2v) is 7.36. The SMILES string of the molecule is CCC1CN2CCC1CC2CNC(=O)Nc1ccc(Br)cc1. The number of halogens is 1. The monoisotopic (exact) mass is 365 g/mol. The maximum atomic E-state index is 12.0. The van der Waals surface area contributed by atoms with Crippen molar-refractivity contribution in [3.63, 3.8) is 0 Å². The molecule has 3 heterocycles. The van der Waals surface area contributed by atoms with Crippen molar-refractivity contribution in [3.05, 3.63) is 28.7 Å². The molecular weight excluding hydrogens is 342 g/mol. The van der Waals surface area contributed by atoms with Gasteiger partial charge in [-0.05, 0) is 55.5 Å². The average Bonchev–Trinajstić information content (AvgIpc) is 2.55. The van der Waals surface area contributed by atoms with E-state index in [4.69, 9.17) is 0 Å². The van der Waals surface area contributed by atoms with Crippen molar-refractivity contribution in [2.24, 2.45) is 11.8 Å². The fourth-order valence-electron chi connectivity index (χ4n) is 3.84. The summed E-state index contributed by atoms with van der Waals surface area (Å²) in [6.07, 6.45) is 3.85. The summed E-state index contributed by atoms with van der Waals surface area (Å²) in [6, 6.07) is 8.02. The van der Waals surface area contributed by atoms with Gasteiger partial charge in [-0.3, -0.25) is 4.90 Å². The zero-order chi connectivity index (χ0) is 15.5. The van der Waals surface area contributed by atoms with Gasteiger partial charge in [0, 0.05) is 29.3 Å². The smallest absolute Gasteiger partial charge is 0.319 e. The van der Waals surface area contributed by atoms with Gasteiger partial charge < -0.3 is 10.6 Å². The Morgan fingerprint density at radius 3 is 2.77 bits per heavy atom. The minimum atomic E-state index is -0.114. The molecule has 2 bridgehead atoms. The molecule has 0 spiro atoms. The summed E-state index contributed by atoms with van der Waals surface area (Å²) in [5.41, 5.74) is 0.817. The summed E-state index contributed by atoms with van der Waals surface area (Å²) in [4.78, 5) is 14.6. The Balaban J connectivity index is 1.47. The van der Waals surface area contributed by atoms with Gasteiger partial charge in [-0.1, -0.05) is 29.3 Å². The molecule has 0 aromatic heterocycles. The lowest BCUT2D eigenvalue weighted by Gasteiger charge is -2.49. The second-order valence-electron chi connectivity index (χ2n) is 6.44. The van der Waals surface area contributed by atoms with Crippen LogP contribution in [0.3, 0.4) is 0 Å². The van der Waals surface area contributed by atoms with Gasteiger partial charge in [0.1, 0.15) is 0 Å². The summed E-state index contributed by atoms with van der Waals surface area (Å²) in [5, 5.41) is 5.91. The molecule has 0 radical (unpaired) electrons.